The summed E-state index contributed by atoms with van der Waals surface area (Å²) in [5, 5.41) is 10.6. The van der Waals surface area contributed by atoms with Crippen LogP contribution < -0.4 is 4.74 Å². The standard InChI is InChI=1S/C12H11ClO3/c1-15-10-5-4-8(13)7-9(10)12(14)11-3-2-6-16-11/h2-7,12,14H,1H3. The smallest absolute Gasteiger partial charge is 0.140 e. The first kappa shape index (κ1) is 11.0. The Morgan fingerprint density at radius 2 is 2.19 bits per heavy atom. The zero-order valence-electron chi connectivity index (χ0n) is 8.68. The van der Waals surface area contributed by atoms with Crippen LogP contribution in [0.3, 0.4) is 0 Å². The molecule has 1 heterocycles. The summed E-state index contributed by atoms with van der Waals surface area (Å²) < 4.78 is 10.3. The Hall–Kier alpha value is -1.45. The van der Waals surface area contributed by atoms with Crippen LogP contribution in [-0.2, 0) is 0 Å². The van der Waals surface area contributed by atoms with Crippen molar-refractivity contribution in [1.29, 1.82) is 0 Å². The molecule has 3 nitrogen and oxygen atoms in total. The van der Waals surface area contributed by atoms with Crippen LogP contribution in [-0.4, -0.2) is 12.2 Å². The number of benzene rings is 1. The summed E-state index contributed by atoms with van der Waals surface area (Å²) in [6.45, 7) is 0. The topological polar surface area (TPSA) is 42.6 Å². The molecule has 2 aromatic rings. The molecule has 0 spiro atoms. The maximum Gasteiger partial charge on any atom is 0.140 e. The first-order valence-corrected chi connectivity index (χ1v) is 5.15. The number of hydrogen-bond donors (Lipinski definition) is 1. The lowest BCUT2D eigenvalue weighted by Gasteiger charge is -2.13. The van der Waals surface area contributed by atoms with E-state index in [0.717, 1.165) is 0 Å². The van der Waals surface area contributed by atoms with Crippen LogP contribution in [0, 0.1) is 0 Å². The molecular weight excluding hydrogens is 228 g/mol. The molecule has 0 fully saturated rings. The van der Waals surface area contributed by atoms with Gasteiger partial charge in [0.25, 0.3) is 0 Å². The Balaban J connectivity index is 2.42. The minimum atomic E-state index is -0.872. The molecule has 1 N–H and O–H groups in total. The Labute approximate surface area is 98.2 Å². The molecule has 4 heteroatoms. The van der Waals surface area contributed by atoms with E-state index in [2.05, 4.69) is 0 Å². The Morgan fingerprint density at radius 3 is 2.81 bits per heavy atom. The SMILES string of the molecule is COc1ccc(Cl)cc1C(O)c1ccco1. The lowest BCUT2D eigenvalue weighted by Crippen LogP contribution is -2.01. The fourth-order valence-electron chi connectivity index (χ4n) is 1.52. The largest absolute Gasteiger partial charge is 0.496 e. The van der Waals surface area contributed by atoms with Gasteiger partial charge in [-0.2, -0.15) is 0 Å². The van der Waals surface area contributed by atoms with Crippen molar-refractivity contribution in [1.82, 2.24) is 0 Å². The molecule has 0 aliphatic rings. The average Bonchev–Trinajstić information content (AvgIpc) is 2.81. The van der Waals surface area contributed by atoms with Gasteiger partial charge in [-0.25, -0.2) is 0 Å². The van der Waals surface area contributed by atoms with Crippen molar-refractivity contribution >= 4 is 11.6 Å². The van der Waals surface area contributed by atoms with Gasteiger partial charge in [0.15, 0.2) is 0 Å². The predicted molar refractivity (Wildman–Crippen MR) is 60.8 cm³/mol. The maximum atomic E-state index is 10.1. The van der Waals surface area contributed by atoms with Gasteiger partial charge in [-0.05, 0) is 30.3 Å². The van der Waals surface area contributed by atoms with E-state index in [-0.39, 0.29) is 0 Å². The number of furan rings is 1. The number of aliphatic hydroxyl groups excluding tert-OH is 1. The third-order valence-corrected chi connectivity index (χ3v) is 2.53. The van der Waals surface area contributed by atoms with Gasteiger partial charge in [-0.15, -0.1) is 0 Å². The molecule has 0 radical (unpaired) electrons. The maximum absolute atomic E-state index is 10.1. The van der Waals surface area contributed by atoms with E-state index in [9.17, 15) is 5.11 Å². The van der Waals surface area contributed by atoms with E-state index < -0.39 is 6.10 Å². The van der Waals surface area contributed by atoms with Crippen LogP contribution >= 0.6 is 11.6 Å². The normalized spacial score (nSPS) is 12.4. The first-order chi connectivity index (χ1) is 7.72. The molecule has 1 aromatic carbocycles. The Bertz CT molecular complexity index is 465. The average molecular weight is 239 g/mol. The van der Waals surface area contributed by atoms with E-state index in [1.807, 2.05) is 0 Å². The summed E-state index contributed by atoms with van der Waals surface area (Å²) in [4.78, 5) is 0. The van der Waals surface area contributed by atoms with Gasteiger partial charge in [0.05, 0.1) is 13.4 Å². The van der Waals surface area contributed by atoms with Crippen molar-refractivity contribution in [3.63, 3.8) is 0 Å². The van der Waals surface area contributed by atoms with E-state index in [0.29, 0.717) is 22.1 Å². The zero-order chi connectivity index (χ0) is 11.5. The summed E-state index contributed by atoms with van der Waals surface area (Å²) in [6, 6.07) is 8.50. The molecule has 0 saturated carbocycles. The fraction of sp³-hybridized carbons (Fsp3) is 0.167. The van der Waals surface area contributed by atoms with E-state index in [1.54, 1.807) is 37.4 Å². The third kappa shape index (κ3) is 2.05. The van der Waals surface area contributed by atoms with E-state index in [4.69, 9.17) is 20.8 Å². The third-order valence-electron chi connectivity index (χ3n) is 2.30. The second kappa shape index (κ2) is 4.60. The molecule has 0 aliphatic heterocycles. The summed E-state index contributed by atoms with van der Waals surface area (Å²) in [6.07, 6.45) is 0.638. The van der Waals surface area contributed by atoms with Crippen LogP contribution in [0.15, 0.2) is 41.0 Å². The summed E-state index contributed by atoms with van der Waals surface area (Å²) >= 11 is 5.88. The molecule has 0 saturated heterocycles. The molecular formula is C12H11ClO3. The lowest BCUT2D eigenvalue weighted by atomic mass is 10.1. The summed E-state index contributed by atoms with van der Waals surface area (Å²) in [5.74, 6) is 1.04. The van der Waals surface area contributed by atoms with Gasteiger partial charge in [-0.1, -0.05) is 11.6 Å². The minimum Gasteiger partial charge on any atom is -0.496 e. The molecule has 0 bridgehead atoms. The number of halogens is 1. The van der Waals surface area contributed by atoms with Crippen LogP contribution in [0.4, 0.5) is 0 Å². The highest BCUT2D eigenvalue weighted by Gasteiger charge is 2.18. The predicted octanol–water partition coefficient (Wildman–Crippen LogP) is 3.02. The van der Waals surface area contributed by atoms with E-state index >= 15 is 0 Å². The van der Waals surface area contributed by atoms with Gasteiger partial charge in [0, 0.05) is 10.6 Å². The van der Waals surface area contributed by atoms with Crippen LogP contribution in [0.2, 0.25) is 5.02 Å². The van der Waals surface area contributed by atoms with Gasteiger partial charge in [0.1, 0.15) is 17.6 Å². The molecule has 84 valence electrons. The Kier molecular flexibility index (Phi) is 3.17. The fourth-order valence-corrected chi connectivity index (χ4v) is 1.70. The molecule has 1 atom stereocenters. The van der Waals surface area contributed by atoms with Crippen molar-refractivity contribution in [3.8, 4) is 5.75 Å². The number of hydrogen-bond acceptors (Lipinski definition) is 3. The van der Waals surface area contributed by atoms with Crippen molar-refractivity contribution in [2.45, 2.75) is 6.10 Å². The first-order valence-electron chi connectivity index (χ1n) is 4.77. The van der Waals surface area contributed by atoms with Crippen molar-refractivity contribution in [2.75, 3.05) is 7.11 Å². The molecule has 2 rings (SSSR count). The molecule has 1 unspecified atom stereocenters. The highest BCUT2D eigenvalue weighted by Crippen LogP contribution is 2.32. The lowest BCUT2D eigenvalue weighted by molar-refractivity contribution is 0.185. The van der Waals surface area contributed by atoms with Gasteiger partial charge < -0.3 is 14.3 Å². The highest BCUT2D eigenvalue weighted by atomic mass is 35.5. The number of ether oxygens (including phenoxy) is 1. The van der Waals surface area contributed by atoms with Crippen LogP contribution in [0.5, 0.6) is 5.75 Å². The summed E-state index contributed by atoms with van der Waals surface area (Å²) in [7, 11) is 1.54. The van der Waals surface area contributed by atoms with Gasteiger partial charge in [0.2, 0.25) is 0 Å². The second-order valence-electron chi connectivity index (χ2n) is 3.30. The van der Waals surface area contributed by atoms with E-state index in [1.165, 1.54) is 6.26 Å². The van der Waals surface area contributed by atoms with Gasteiger partial charge in [-0.3, -0.25) is 0 Å². The van der Waals surface area contributed by atoms with Crippen molar-refractivity contribution in [2.24, 2.45) is 0 Å². The van der Waals surface area contributed by atoms with Crippen molar-refractivity contribution in [3.05, 3.63) is 52.9 Å². The van der Waals surface area contributed by atoms with Crippen LogP contribution in [0.1, 0.15) is 17.4 Å². The summed E-state index contributed by atoms with van der Waals surface area (Å²) in [5.41, 5.74) is 0.588. The zero-order valence-corrected chi connectivity index (χ0v) is 9.44. The number of methoxy groups -OCH3 is 1. The minimum absolute atomic E-state index is 0.459. The van der Waals surface area contributed by atoms with Crippen LogP contribution in [0.25, 0.3) is 0 Å². The van der Waals surface area contributed by atoms with Gasteiger partial charge >= 0.3 is 0 Å². The molecule has 1 aromatic heterocycles. The molecule has 0 amide bonds. The number of rotatable bonds is 3. The highest BCUT2D eigenvalue weighted by molar-refractivity contribution is 6.30. The molecule has 16 heavy (non-hydrogen) atoms. The monoisotopic (exact) mass is 238 g/mol. The second-order valence-corrected chi connectivity index (χ2v) is 3.74. The van der Waals surface area contributed by atoms with Crippen molar-refractivity contribution < 1.29 is 14.3 Å². The Morgan fingerprint density at radius 1 is 1.38 bits per heavy atom. The number of aliphatic hydroxyl groups is 1. The molecule has 0 aliphatic carbocycles. The quantitative estimate of drug-likeness (QED) is 0.894.